The van der Waals surface area contributed by atoms with Gasteiger partial charge in [0, 0.05) is 11.6 Å². The summed E-state index contributed by atoms with van der Waals surface area (Å²) < 4.78 is 18.0. The molecule has 3 aromatic rings. The van der Waals surface area contributed by atoms with E-state index in [-0.39, 0.29) is 28.8 Å². The zero-order chi connectivity index (χ0) is 14.1. The van der Waals surface area contributed by atoms with Gasteiger partial charge in [0.1, 0.15) is 17.3 Å². The maximum absolute atomic E-state index is 12.9. The van der Waals surface area contributed by atoms with E-state index in [1.54, 1.807) is 12.1 Å². The molecule has 2 N–H and O–H groups in total. The molecule has 1 aromatic heterocycles. The lowest BCUT2D eigenvalue weighted by Crippen LogP contribution is -1.83. The van der Waals surface area contributed by atoms with Gasteiger partial charge in [-0.1, -0.05) is 17.3 Å². The summed E-state index contributed by atoms with van der Waals surface area (Å²) in [5, 5.41) is 22.8. The summed E-state index contributed by atoms with van der Waals surface area (Å²) >= 11 is 0. The quantitative estimate of drug-likeness (QED) is 0.749. The maximum atomic E-state index is 12.9. The molecule has 20 heavy (non-hydrogen) atoms. The third-order valence-electron chi connectivity index (χ3n) is 2.72. The van der Waals surface area contributed by atoms with Gasteiger partial charge in [0.15, 0.2) is 0 Å². The van der Waals surface area contributed by atoms with Crippen LogP contribution in [0.15, 0.2) is 47.0 Å². The van der Waals surface area contributed by atoms with Gasteiger partial charge in [0.25, 0.3) is 5.89 Å². The predicted octanol–water partition coefficient (Wildman–Crippen LogP) is 2.95. The Kier molecular flexibility index (Phi) is 2.83. The fourth-order valence-electron chi connectivity index (χ4n) is 1.78. The lowest BCUT2D eigenvalue weighted by atomic mass is 10.2. The van der Waals surface area contributed by atoms with Gasteiger partial charge in [-0.05, 0) is 24.3 Å². The van der Waals surface area contributed by atoms with Gasteiger partial charge in [-0.3, -0.25) is 0 Å². The Balaban J connectivity index is 2.02. The number of phenols is 2. The zero-order valence-corrected chi connectivity index (χ0v) is 10.1. The molecule has 0 atom stereocenters. The molecule has 0 unspecified atom stereocenters. The number of aromatic nitrogens is 2. The minimum Gasteiger partial charge on any atom is -0.508 e. The highest BCUT2D eigenvalue weighted by Gasteiger charge is 2.14. The Morgan fingerprint density at radius 2 is 1.90 bits per heavy atom. The number of phenolic OH excluding ortho intramolecular Hbond substituents is 2. The SMILES string of the molecule is Oc1cccc(-c2noc(-c3ccc(F)cc3O)n2)c1. The van der Waals surface area contributed by atoms with E-state index < -0.39 is 5.82 Å². The molecule has 0 radical (unpaired) electrons. The Bertz CT molecular complexity index is 771. The molecule has 0 amide bonds. The maximum Gasteiger partial charge on any atom is 0.262 e. The van der Waals surface area contributed by atoms with E-state index in [0.29, 0.717) is 5.56 Å². The van der Waals surface area contributed by atoms with Crippen molar-refractivity contribution in [3.05, 3.63) is 48.3 Å². The van der Waals surface area contributed by atoms with Crippen LogP contribution in [0.25, 0.3) is 22.8 Å². The van der Waals surface area contributed by atoms with Crippen molar-refractivity contribution in [3.63, 3.8) is 0 Å². The highest BCUT2D eigenvalue weighted by atomic mass is 19.1. The summed E-state index contributed by atoms with van der Waals surface area (Å²) in [6.45, 7) is 0. The molecule has 0 aliphatic carbocycles. The van der Waals surface area contributed by atoms with Crippen molar-refractivity contribution in [2.75, 3.05) is 0 Å². The van der Waals surface area contributed by atoms with Crippen LogP contribution in [0.1, 0.15) is 0 Å². The lowest BCUT2D eigenvalue weighted by molar-refractivity contribution is 0.425. The standard InChI is InChI=1S/C14H9FN2O3/c15-9-4-5-11(12(19)7-9)14-16-13(17-20-14)8-2-1-3-10(18)6-8/h1-7,18-19H. The first kappa shape index (κ1) is 12.2. The van der Waals surface area contributed by atoms with Crippen molar-refractivity contribution in [2.24, 2.45) is 0 Å². The van der Waals surface area contributed by atoms with Crippen LogP contribution in [0.5, 0.6) is 11.5 Å². The van der Waals surface area contributed by atoms with E-state index in [2.05, 4.69) is 10.1 Å². The molecule has 6 heteroatoms. The Hall–Kier alpha value is -2.89. The van der Waals surface area contributed by atoms with Gasteiger partial charge in [0.05, 0.1) is 5.56 Å². The summed E-state index contributed by atoms with van der Waals surface area (Å²) in [5.74, 6) is -0.422. The van der Waals surface area contributed by atoms with Gasteiger partial charge in [-0.2, -0.15) is 4.98 Å². The minimum atomic E-state index is -0.557. The van der Waals surface area contributed by atoms with Crippen molar-refractivity contribution >= 4 is 0 Å². The van der Waals surface area contributed by atoms with E-state index in [1.807, 2.05) is 0 Å². The zero-order valence-electron chi connectivity index (χ0n) is 10.1. The summed E-state index contributed by atoms with van der Waals surface area (Å²) in [6, 6.07) is 9.87. The number of benzene rings is 2. The summed E-state index contributed by atoms with van der Waals surface area (Å²) in [6.07, 6.45) is 0. The van der Waals surface area contributed by atoms with Crippen molar-refractivity contribution in [3.8, 4) is 34.3 Å². The van der Waals surface area contributed by atoms with Crippen LogP contribution < -0.4 is 0 Å². The van der Waals surface area contributed by atoms with E-state index in [0.717, 1.165) is 6.07 Å². The smallest absolute Gasteiger partial charge is 0.262 e. The molecular weight excluding hydrogens is 263 g/mol. The van der Waals surface area contributed by atoms with Gasteiger partial charge in [-0.15, -0.1) is 0 Å². The molecule has 5 nitrogen and oxygen atoms in total. The van der Waals surface area contributed by atoms with Crippen LogP contribution in [0.3, 0.4) is 0 Å². The first-order valence-electron chi connectivity index (χ1n) is 5.75. The Morgan fingerprint density at radius 1 is 1.05 bits per heavy atom. The van der Waals surface area contributed by atoms with Crippen LogP contribution in [0, 0.1) is 5.82 Å². The predicted molar refractivity (Wildman–Crippen MR) is 68.5 cm³/mol. The average molecular weight is 272 g/mol. The molecule has 0 aliphatic rings. The molecule has 3 rings (SSSR count). The van der Waals surface area contributed by atoms with Gasteiger partial charge >= 0.3 is 0 Å². The largest absolute Gasteiger partial charge is 0.508 e. The molecule has 0 bridgehead atoms. The number of halogens is 1. The first-order valence-corrected chi connectivity index (χ1v) is 5.75. The number of hydrogen-bond acceptors (Lipinski definition) is 5. The lowest BCUT2D eigenvalue weighted by Gasteiger charge is -1.98. The minimum absolute atomic E-state index is 0.0702. The third kappa shape index (κ3) is 2.18. The normalized spacial score (nSPS) is 10.7. The molecular formula is C14H9FN2O3. The van der Waals surface area contributed by atoms with Crippen molar-refractivity contribution in [1.82, 2.24) is 10.1 Å². The highest BCUT2D eigenvalue weighted by Crippen LogP contribution is 2.30. The van der Waals surface area contributed by atoms with Gasteiger partial charge in [0.2, 0.25) is 5.82 Å². The highest BCUT2D eigenvalue weighted by molar-refractivity contribution is 5.65. The number of hydrogen-bond donors (Lipinski definition) is 2. The van der Waals surface area contributed by atoms with Crippen molar-refractivity contribution in [1.29, 1.82) is 0 Å². The van der Waals surface area contributed by atoms with Gasteiger partial charge < -0.3 is 14.7 Å². The average Bonchev–Trinajstić information content (AvgIpc) is 2.88. The number of aromatic hydroxyl groups is 2. The Morgan fingerprint density at radius 3 is 2.65 bits per heavy atom. The second-order valence-electron chi connectivity index (χ2n) is 4.13. The van der Waals surface area contributed by atoms with E-state index >= 15 is 0 Å². The van der Waals surface area contributed by atoms with Crippen molar-refractivity contribution < 1.29 is 19.1 Å². The number of nitrogens with zero attached hydrogens (tertiary/aromatic N) is 2. The van der Waals surface area contributed by atoms with Gasteiger partial charge in [-0.25, -0.2) is 4.39 Å². The van der Waals surface area contributed by atoms with E-state index in [9.17, 15) is 14.6 Å². The third-order valence-corrected chi connectivity index (χ3v) is 2.72. The van der Waals surface area contributed by atoms with Crippen LogP contribution >= 0.6 is 0 Å². The Labute approximate surface area is 112 Å². The monoisotopic (exact) mass is 272 g/mol. The fourth-order valence-corrected chi connectivity index (χ4v) is 1.78. The van der Waals surface area contributed by atoms with E-state index in [4.69, 9.17) is 4.52 Å². The molecule has 0 saturated carbocycles. The van der Waals surface area contributed by atoms with Crippen LogP contribution in [-0.4, -0.2) is 20.4 Å². The second kappa shape index (κ2) is 4.65. The second-order valence-corrected chi connectivity index (χ2v) is 4.13. The summed E-state index contributed by atoms with van der Waals surface area (Å²) in [4.78, 5) is 4.11. The summed E-state index contributed by atoms with van der Waals surface area (Å²) in [7, 11) is 0. The van der Waals surface area contributed by atoms with Crippen LogP contribution in [0.2, 0.25) is 0 Å². The molecule has 0 aliphatic heterocycles. The van der Waals surface area contributed by atoms with E-state index in [1.165, 1.54) is 24.3 Å². The van der Waals surface area contributed by atoms with Crippen molar-refractivity contribution in [2.45, 2.75) is 0 Å². The summed E-state index contributed by atoms with van der Waals surface area (Å²) in [5.41, 5.74) is 0.812. The number of rotatable bonds is 2. The fraction of sp³-hybridized carbons (Fsp3) is 0. The molecule has 2 aromatic carbocycles. The topological polar surface area (TPSA) is 79.4 Å². The van der Waals surface area contributed by atoms with Crippen LogP contribution in [-0.2, 0) is 0 Å². The molecule has 0 saturated heterocycles. The molecule has 0 spiro atoms. The molecule has 100 valence electrons. The molecule has 0 fully saturated rings. The first-order chi connectivity index (χ1) is 9.63. The molecule has 1 heterocycles. The van der Waals surface area contributed by atoms with Crippen LogP contribution in [0.4, 0.5) is 4.39 Å².